The second-order valence-electron chi connectivity index (χ2n) is 9.06. The standard InChI is InChI=1S/C26H30N4O2S2/c27-15-19-17-9-5-1-3-7-11-21(17)33-25(19)29-23(31)13-14-24(32)30-26-20(16-28)18-10-6-2-4-8-12-22(18)34-26/h1-14H2,(H,29,31)(H,30,32). The van der Waals surface area contributed by atoms with E-state index in [0.29, 0.717) is 21.1 Å². The fourth-order valence-corrected chi connectivity index (χ4v) is 7.37. The fraction of sp³-hybridized carbons (Fsp3) is 0.538. The molecule has 0 unspecified atom stereocenters. The van der Waals surface area contributed by atoms with Gasteiger partial charge in [-0.25, -0.2) is 0 Å². The molecule has 34 heavy (non-hydrogen) atoms. The van der Waals surface area contributed by atoms with Crippen molar-refractivity contribution in [2.45, 2.75) is 89.9 Å². The number of rotatable bonds is 5. The zero-order valence-electron chi connectivity index (χ0n) is 19.4. The van der Waals surface area contributed by atoms with E-state index in [1.807, 2.05) is 0 Å². The van der Waals surface area contributed by atoms with E-state index in [1.54, 1.807) is 0 Å². The third-order valence-corrected chi connectivity index (χ3v) is 9.07. The summed E-state index contributed by atoms with van der Waals surface area (Å²) in [7, 11) is 0. The van der Waals surface area contributed by atoms with Gasteiger partial charge in [-0.15, -0.1) is 22.7 Å². The lowest BCUT2D eigenvalue weighted by atomic mass is 9.97. The summed E-state index contributed by atoms with van der Waals surface area (Å²) in [5, 5.41) is 26.4. The lowest BCUT2D eigenvalue weighted by Crippen LogP contribution is -2.17. The van der Waals surface area contributed by atoms with E-state index in [9.17, 15) is 20.1 Å². The highest BCUT2D eigenvalue weighted by Gasteiger charge is 2.22. The van der Waals surface area contributed by atoms with Crippen molar-refractivity contribution in [1.82, 2.24) is 0 Å². The monoisotopic (exact) mass is 494 g/mol. The van der Waals surface area contributed by atoms with Gasteiger partial charge in [0.2, 0.25) is 11.8 Å². The molecule has 2 aromatic rings. The Balaban J connectivity index is 1.37. The van der Waals surface area contributed by atoms with E-state index in [4.69, 9.17) is 0 Å². The highest BCUT2D eigenvalue weighted by molar-refractivity contribution is 7.17. The van der Waals surface area contributed by atoms with Crippen molar-refractivity contribution in [3.63, 3.8) is 0 Å². The molecule has 2 N–H and O–H groups in total. The molecule has 178 valence electrons. The van der Waals surface area contributed by atoms with Crippen LogP contribution in [0.15, 0.2) is 0 Å². The molecule has 0 aromatic carbocycles. The Bertz CT molecular complexity index is 1060. The first kappa shape index (κ1) is 24.4. The maximum atomic E-state index is 12.6. The van der Waals surface area contributed by atoms with Crippen LogP contribution in [0.3, 0.4) is 0 Å². The minimum absolute atomic E-state index is 0.0340. The molecule has 0 aliphatic heterocycles. The molecule has 2 amide bonds. The van der Waals surface area contributed by atoms with Gasteiger partial charge in [-0.2, -0.15) is 10.5 Å². The number of carbonyl (C=O) groups is 2. The van der Waals surface area contributed by atoms with Gasteiger partial charge in [0.05, 0.1) is 11.1 Å². The van der Waals surface area contributed by atoms with E-state index in [0.717, 1.165) is 62.5 Å². The fourth-order valence-electron chi connectivity index (χ4n) is 4.86. The van der Waals surface area contributed by atoms with Crippen molar-refractivity contribution in [3.8, 4) is 12.1 Å². The second kappa shape index (κ2) is 11.6. The van der Waals surface area contributed by atoms with Gasteiger partial charge in [0.15, 0.2) is 0 Å². The van der Waals surface area contributed by atoms with Crippen LogP contribution in [0.1, 0.15) is 96.2 Å². The molecule has 0 saturated carbocycles. The summed E-state index contributed by atoms with van der Waals surface area (Å²) >= 11 is 3.02. The highest BCUT2D eigenvalue weighted by atomic mass is 32.1. The average molecular weight is 495 g/mol. The maximum absolute atomic E-state index is 12.6. The van der Waals surface area contributed by atoms with E-state index >= 15 is 0 Å². The molecule has 0 bridgehead atoms. The molecule has 2 aromatic heterocycles. The molecule has 0 spiro atoms. The van der Waals surface area contributed by atoms with Crippen LogP contribution in [0.5, 0.6) is 0 Å². The first-order valence-electron chi connectivity index (χ1n) is 12.3. The van der Waals surface area contributed by atoms with Crippen molar-refractivity contribution in [2.75, 3.05) is 10.6 Å². The SMILES string of the molecule is N#Cc1c(NC(=O)CCC(=O)Nc2sc3c(c2C#N)CCCCCC3)sc2c1CCCCCC2. The van der Waals surface area contributed by atoms with Gasteiger partial charge in [-0.05, 0) is 62.5 Å². The Hall–Kier alpha value is -2.68. The van der Waals surface area contributed by atoms with Gasteiger partial charge in [0, 0.05) is 22.6 Å². The summed E-state index contributed by atoms with van der Waals surface area (Å²) < 4.78 is 0. The van der Waals surface area contributed by atoms with Crippen molar-refractivity contribution >= 4 is 44.5 Å². The molecule has 2 aliphatic carbocycles. The Morgan fingerprint density at radius 1 is 0.647 bits per heavy atom. The summed E-state index contributed by atoms with van der Waals surface area (Å²) in [6.45, 7) is 0. The van der Waals surface area contributed by atoms with Crippen LogP contribution in [0.25, 0.3) is 0 Å². The summed E-state index contributed by atoms with van der Waals surface area (Å²) in [6.07, 6.45) is 12.9. The number of amides is 2. The number of nitriles is 2. The van der Waals surface area contributed by atoms with Crippen LogP contribution in [0, 0.1) is 22.7 Å². The minimum Gasteiger partial charge on any atom is -0.317 e. The Morgan fingerprint density at radius 3 is 1.41 bits per heavy atom. The highest BCUT2D eigenvalue weighted by Crippen LogP contribution is 2.38. The third-order valence-electron chi connectivity index (χ3n) is 6.65. The summed E-state index contributed by atoms with van der Waals surface area (Å²) in [4.78, 5) is 27.6. The summed E-state index contributed by atoms with van der Waals surface area (Å²) in [5.74, 6) is -0.528. The largest absolute Gasteiger partial charge is 0.317 e. The van der Waals surface area contributed by atoms with Crippen molar-refractivity contribution in [1.29, 1.82) is 10.5 Å². The number of nitrogens with zero attached hydrogens (tertiary/aromatic N) is 2. The van der Waals surface area contributed by atoms with Crippen LogP contribution in [-0.4, -0.2) is 11.8 Å². The minimum atomic E-state index is -0.264. The van der Waals surface area contributed by atoms with E-state index < -0.39 is 0 Å². The lowest BCUT2D eigenvalue weighted by molar-refractivity contribution is -0.121. The van der Waals surface area contributed by atoms with Crippen molar-refractivity contribution in [2.24, 2.45) is 0 Å². The number of anilines is 2. The molecular weight excluding hydrogens is 464 g/mol. The Labute approximate surface area is 209 Å². The van der Waals surface area contributed by atoms with Gasteiger partial charge in [-0.1, -0.05) is 25.7 Å². The predicted octanol–water partition coefficient (Wildman–Crippen LogP) is 6.23. The molecule has 0 atom stereocenters. The number of fused-ring (bicyclic) bond motifs is 2. The zero-order valence-corrected chi connectivity index (χ0v) is 21.1. The second-order valence-corrected chi connectivity index (χ2v) is 11.3. The molecule has 4 rings (SSSR count). The molecule has 2 aliphatic rings. The topological polar surface area (TPSA) is 106 Å². The van der Waals surface area contributed by atoms with Gasteiger partial charge in [0.25, 0.3) is 0 Å². The van der Waals surface area contributed by atoms with Crippen LogP contribution < -0.4 is 10.6 Å². The Kier molecular flexibility index (Phi) is 8.37. The number of aryl methyl sites for hydroxylation is 2. The van der Waals surface area contributed by atoms with Gasteiger partial charge in [-0.3, -0.25) is 9.59 Å². The van der Waals surface area contributed by atoms with Crippen LogP contribution >= 0.6 is 22.7 Å². The first-order valence-corrected chi connectivity index (χ1v) is 13.9. The molecule has 8 heteroatoms. The third kappa shape index (κ3) is 5.68. The first-order chi connectivity index (χ1) is 16.6. The van der Waals surface area contributed by atoms with Gasteiger partial charge >= 0.3 is 0 Å². The quantitative estimate of drug-likeness (QED) is 0.514. The van der Waals surface area contributed by atoms with E-state index in [2.05, 4.69) is 22.8 Å². The lowest BCUT2D eigenvalue weighted by Gasteiger charge is -2.09. The number of carbonyl (C=O) groups excluding carboxylic acids is 2. The van der Waals surface area contributed by atoms with Crippen LogP contribution in [0.2, 0.25) is 0 Å². The van der Waals surface area contributed by atoms with Crippen LogP contribution in [-0.2, 0) is 35.3 Å². The maximum Gasteiger partial charge on any atom is 0.225 e. The van der Waals surface area contributed by atoms with Gasteiger partial charge in [0.1, 0.15) is 22.1 Å². The molecular formula is C26H30N4O2S2. The van der Waals surface area contributed by atoms with Gasteiger partial charge < -0.3 is 10.6 Å². The molecule has 6 nitrogen and oxygen atoms in total. The molecule has 0 radical (unpaired) electrons. The number of hydrogen-bond acceptors (Lipinski definition) is 6. The van der Waals surface area contributed by atoms with Crippen molar-refractivity contribution in [3.05, 3.63) is 32.0 Å². The molecule has 0 fully saturated rings. The van der Waals surface area contributed by atoms with Crippen LogP contribution in [0.4, 0.5) is 10.0 Å². The summed E-state index contributed by atoms with van der Waals surface area (Å²) in [6, 6.07) is 4.57. The summed E-state index contributed by atoms with van der Waals surface area (Å²) in [5.41, 5.74) is 3.37. The predicted molar refractivity (Wildman–Crippen MR) is 136 cm³/mol. The smallest absolute Gasteiger partial charge is 0.225 e. The van der Waals surface area contributed by atoms with E-state index in [1.165, 1.54) is 58.1 Å². The number of hydrogen-bond donors (Lipinski definition) is 2. The molecule has 2 heterocycles. The van der Waals surface area contributed by atoms with E-state index in [-0.39, 0.29) is 24.7 Å². The van der Waals surface area contributed by atoms with Crippen molar-refractivity contribution < 1.29 is 9.59 Å². The Morgan fingerprint density at radius 2 is 1.03 bits per heavy atom. The molecule has 0 saturated heterocycles. The number of nitrogens with one attached hydrogen (secondary N) is 2. The zero-order chi connectivity index (χ0) is 23.9. The number of thiophene rings is 2. The average Bonchev–Trinajstić information content (AvgIpc) is 3.27. The normalized spacial score (nSPS) is 15.8.